The van der Waals surface area contributed by atoms with Crippen molar-refractivity contribution in [1.29, 1.82) is 0 Å². The molecule has 0 N–H and O–H groups in total. The topological polar surface area (TPSA) is 47.5 Å². The van der Waals surface area contributed by atoms with E-state index in [2.05, 4.69) is 46.9 Å². The van der Waals surface area contributed by atoms with Crippen molar-refractivity contribution in [2.24, 2.45) is 12.0 Å². The highest BCUT2D eigenvalue weighted by atomic mass is 79.9. The number of aryl methyl sites for hydroxylation is 3. The molecule has 0 spiro atoms. The summed E-state index contributed by atoms with van der Waals surface area (Å²) in [6.45, 7) is 4.16. The molecule has 0 saturated carbocycles. The van der Waals surface area contributed by atoms with Crippen LogP contribution in [-0.4, -0.2) is 10.5 Å². The third kappa shape index (κ3) is 2.61. The number of rotatable bonds is 1. The number of hydrogen-bond acceptors (Lipinski definition) is 3. The van der Waals surface area contributed by atoms with Crippen molar-refractivity contribution in [2.45, 2.75) is 13.8 Å². The molecule has 0 unspecified atom stereocenters. The molecule has 0 saturated heterocycles. The van der Waals surface area contributed by atoms with E-state index in [1.807, 2.05) is 11.6 Å². The number of furan rings is 1. The number of aromatic nitrogens is 1. The maximum absolute atomic E-state index is 12.1. The minimum absolute atomic E-state index is 0.228. The average molecular weight is 365 g/mol. The van der Waals surface area contributed by atoms with E-state index >= 15 is 0 Å². The van der Waals surface area contributed by atoms with Gasteiger partial charge >= 0.3 is 5.91 Å². The molecule has 0 fully saturated rings. The number of amides is 1. The van der Waals surface area contributed by atoms with Gasteiger partial charge in [0.05, 0.1) is 10.2 Å². The second-order valence-corrected chi connectivity index (χ2v) is 6.66. The summed E-state index contributed by atoms with van der Waals surface area (Å²) in [4.78, 5) is 16.9. The Labute approximate surface area is 133 Å². The Hall–Kier alpha value is -1.66. The van der Waals surface area contributed by atoms with E-state index in [0.717, 1.165) is 10.2 Å². The van der Waals surface area contributed by atoms with Crippen molar-refractivity contribution in [3.8, 4) is 0 Å². The molecule has 6 heteroatoms. The van der Waals surface area contributed by atoms with Crippen molar-refractivity contribution in [2.75, 3.05) is 0 Å². The first-order valence-corrected chi connectivity index (χ1v) is 7.98. The van der Waals surface area contributed by atoms with Crippen LogP contribution in [0.4, 0.5) is 0 Å². The fourth-order valence-electron chi connectivity index (χ4n) is 2.06. The van der Waals surface area contributed by atoms with E-state index in [1.54, 1.807) is 12.1 Å². The van der Waals surface area contributed by atoms with Gasteiger partial charge < -0.3 is 8.98 Å². The van der Waals surface area contributed by atoms with Gasteiger partial charge in [0.2, 0.25) is 0 Å². The van der Waals surface area contributed by atoms with Crippen LogP contribution in [0.15, 0.2) is 38.3 Å². The Morgan fingerprint density at radius 3 is 2.67 bits per heavy atom. The third-order valence-corrected chi connectivity index (χ3v) is 4.93. The van der Waals surface area contributed by atoms with Crippen molar-refractivity contribution in [1.82, 2.24) is 4.57 Å². The summed E-state index contributed by atoms with van der Waals surface area (Å²) in [5.41, 5.74) is 3.54. The molecular weight excluding hydrogens is 352 g/mol. The van der Waals surface area contributed by atoms with E-state index < -0.39 is 0 Å². The zero-order valence-electron chi connectivity index (χ0n) is 11.8. The van der Waals surface area contributed by atoms with Gasteiger partial charge in [0, 0.05) is 7.05 Å². The number of carbonyl (C=O) groups is 1. The van der Waals surface area contributed by atoms with Crippen molar-refractivity contribution >= 4 is 43.4 Å². The van der Waals surface area contributed by atoms with Crippen molar-refractivity contribution in [3.05, 3.63) is 50.6 Å². The molecule has 0 radical (unpaired) electrons. The van der Waals surface area contributed by atoms with Crippen LogP contribution in [0.3, 0.4) is 0 Å². The molecule has 0 atom stereocenters. The normalized spacial score (nSPS) is 12.3. The van der Waals surface area contributed by atoms with Gasteiger partial charge in [0.15, 0.2) is 15.2 Å². The Kier molecular flexibility index (Phi) is 3.59. The Morgan fingerprint density at radius 1 is 1.29 bits per heavy atom. The van der Waals surface area contributed by atoms with Crippen LogP contribution in [0.2, 0.25) is 0 Å². The first-order chi connectivity index (χ1) is 9.95. The lowest BCUT2D eigenvalue weighted by atomic mass is 10.1. The Morgan fingerprint density at radius 2 is 2.00 bits per heavy atom. The molecule has 0 aliphatic rings. The minimum Gasteiger partial charge on any atom is -0.444 e. The van der Waals surface area contributed by atoms with Crippen LogP contribution in [0.5, 0.6) is 0 Å². The van der Waals surface area contributed by atoms with Crippen LogP contribution in [0.1, 0.15) is 21.7 Å². The second kappa shape index (κ2) is 5.27. The molecule has 2 aromatic heterocycles. The van der Waals surface area contributed by atoms with Gasteiger partial charge in [-0.1, -0.05) is 11.3 Å². The monoisotopic (exact) mass is 364 g/mol. The summed E-state index contributed by atoms with van der Waals surface area (Å²) < 4.78 is 8.81. The molecule has 108 valence electrons. The number of hydrogen-bond donors (Lipinski definition) is 0. The zero-order valence-corrected chi connectivity index (χ0v) is 14.2. The number of carbonyl (C=O) groups excluding carboxylic acids is 1. The maximum atomic E-state index is 12.1. The van der Waals surface area contributed by atoms with E-state index in [4.69, 9.17) is 4.42 Å². The van der Waals surface area contributed by atoms with Crippen LogP contribution < -0.4 is 4.80 Å². The lowest BCUT2D eigenvalue weighted by molar-refractivity contribution is 0.0970. The molecule has 3 aromatic rings. The van der Waals surface area contributed by atoms with Gasteiger partial charge in [-0.05, 0) is 65.2 Å². The minimum atomic E-state index is -0.378. The quantitative estimate of drug-likeness (QED) is 0.656. The van der Waals surface area contributed by atoms with Crippen LogP contribution in [0, 0.1) is 13.8 Å². The standard InChI is InChI=1S/C15H13BrN2O2S/c1-8-6-10-12(7-9(8)2)21-15(18(10)3)17-14(19)11-4-5-13(16)20-11/h4-7H,1-3H3. The second-order valence-electron chi connectivity index (χ2n) is 4.87. The molecule has 1 amide bonds. The molecule has 0 aliphatic heterocycles. The van der Waals surface area contributed by atoms with E-state index in [0.29, 0.717) is 9.47 Å². The van der Waals surface area contributed by atoms with Crippen LogP contribution in [-0.2, 0) is 7.05 Å². The number of fused-ring (bicyclic) bond motifs is 1. The van der Waals surface area contributed by atoms with Crippen LogP contribution >= 0.6 is 27.3 Å². The van der Waals surface area contributed by atoms with E-state index in [1.165, 1.54) is 22.5 Å². The Balaban J connectivity index is 2.14. The summed E-state index contributed by atoms with van der Waals surface area (Å²) in [5.74, 6) is -0.150. The molecular formula is C15H13BrN2O2S. The van der Waals surface area contributed by atoms with Gasteiger partial charge in [0.1, 0.15) is 0 Å². The summed E-state index contributed by atoms with van der Waals surface area (Å²) in [5, 5.41) is 0. The Bertz CT molecular complexity index is 918. The highest BCUT2D eigenvalue weighted by molar-refractivity contribution is 9.10. The summed E-state index contributed by atoms with van der Waals surface area (Å²) in [6.07, 6.45) is 0. The van der Waals surface area contributed by atoms with E-state index in [-0.39, 0.29) is 11.7 Å². The number of halogens is 1. The van der Waals surface area contributed by atoms with Gasteiger partial charge in [-0.3, -0.25) is 4.79 Å². The predicted molar refractivity (Wildman–Crippen MR) is 86.6 cm³/mol. The summed E-state index contributed by atoms with van der Waals surface area (Å²) in [6, 6.07) is 7.54. The zero-order chi connectivity index (χ0) is 15.1. The lowest BCUT2D eigenvalue weighted by Crippen LogP contribution is -2.13. The third-order valence-electron chi connectivity index (χ3n) is 3.41. The highest BCUT2D eigenvalue weighted by Crippen LogP contribution is 2.21. The molecule has 4 nitrogen and oxygen atoms in total. The first kappa shape index (κ1) is 14.3. The van der Waals surface area contributed by atoms with Gasteiger partial charge in [-0.25, -0.2) is 0 Å². The predicted octanol–water partition coefficient (Wildman–Crippen LogP) is 3.95. The van der Waals surface area contributed by atoms with Crippen molar-refractivity contribution < 1.29 is 9.21 Å². The smallest absolute Gasteiger partial charge is 0.315 e. The summed E-state index contributed by atoms with van der Waals surface area (Å²) >= 11 is 4.68. The van der Waals surface area contributed by atoms with Gasteiger partial charge in [0.25, 0.3) is 0 Å². The number of nitrogens with zero attached hydrogens (tertiary/aromatic N) is 2. The number of thiazole rings is 1. The van der Waals surface area contributed by atoms with Crippen molar-refractivity contribution in [3.63, 3.8) is 0 Å². The van der Waals surface area contributed by atoms with Gasteiger partial charge in [-0.2, -0.15) is 4.99 Å². The largest absolute Gasteiger partial charge is 0.444 e. The molecule has 0 bridgehead atoms. The van der Waals surface area contributed by atoms with Gasteiger partial charge in [-0.15, -0.1) is 0 Å². The number of benzene rings is 1. The SMILES string of the molecule is Cc1cc2sc(=NC(=O)c3ccc(Br)o3)n(C)c2cc1C. The lowest BCUT2D eigenvalue weighted by Gasteiger charge is -2.00. The molecule has 3 rings (SSSR count). The molecule has 2 heterocycles. The highest BCUT2D eigenvalue weighted by Gasteiger charge is 2.11. The average Bonchev–Trinajstić information content (AvgIpc) is 2.98. The van der Waals surface area contributed by atoms with E-state index in [9.17, 15) is 4.79 Å². The molecule has 21 heavy (non-hydrogen) atoms. The fourth-order valence-corrected chi connectivity index (χ4v) is 3.46. The first-order valence-electron chi connectivity index (χ1n) is 6.37. The molecule has 1 aromatic carbocycles. The molecule has 0 aliphatic carbocycles. The summed E-state index contributed by atoms with van der Waals surface area (Å²) in [7, 11) is 1.91. The van der Waals surface area contributed by atoms with Crippen LogP contribution in [0.25, 0.3) is 10.2 Å². The fraction of sp³-hybridized carbons (Fsp3) is 0.200. The maximum Gasteiger partial charge on any atom is 0.315 e.